The van der Waals surface area contributed by atoms with Gasteiger partial charge in [0.2, 0.25) is 0 Å². The molecule has 0 N–H and O–H groups in total. The van der Waals surface area contributed by atoms with Crippen LogP contribution in [0.2, 0.25) is 0 Å². The Morgan fingerprint density at radius 1 is 1.18 bits per heavy atom. The van der Waals surface area contributed by atoms with Gasteiger partial charge in [0.1, 0.15) is 5.75 Å². The maximum Gasteiger partial charge on any atom is 0.167 e. The predicted octanol–water partition coefficient (Wildman–Crippen LogP) is 4.30. The van der Waals surface area contributed by atoms with Gasteiger partial charge in [0.25, 0.3) is 0 Å². The second-order valence-corrected chi connectivity index (χ2v) is 5.44. The van der Waals surface area contributed by atoms with Crippen LogP contribution in [0.15, 0.2) is 42.6 Å². The molecule has 0 atom stereocenters. The predicted molar refractivity (Wildman–Crippen MR) is 88.9 cm³/mol. The summed E-state index contributed by atoms with van der Waals surface area (Å²) in [7, 11) is 1.68. The van der Waals surface area contributed by atoms with E-state index >= 15 is 0 Å². The fourth-order valence-electron chi connectivity index (χ4n) is 2.89. The lowest BCUT2D eigenvalue weighted by Crippen LogP contribution is -1.94. The number of rotatable bonds is 4. The Hall–Kier alpha value is -2.55. The minimum Gasteiger partial charge on any atom is -0.496 e. The van der Waals surface area contributed by atoms with Crippen molar-refractivity contribution in [1.29, 1.82) is 0 Å². The molecule has 0 saturated heterocycles. The normalized spacial score (nSPS) is 10.9. The summed E-state index contributed by atoms with van der Waals surface area (Å²) >= 11 is 0. The van der Waals surface area contributed by atoms with Gasteiger partial charge in [-0.25, -0.2) is 0 Å². The summed E-state index contributed by atoms with van der Waals surface area (Å²) in [5.74, 6) is 0.888. The first-order valence-corrected chi connectivity index (χ1v) is 7.42. The largest absolute Gasteiger partial charge is 0.496 e. The second-order valence-electron chi connectivity index (χ2n) is 5.44. The number of carbonyl (C=O) groups is 1. The van der Waals surface area contributed by atoms with Crippen LogP contribution in [0.4, 0.5) is 0 Å². The molecule has 0 saturated carbocycles. The molecule has 0 bridgehead atoms. The molecule has 0 aliphatic carbocycles. The third-order valence-corrected chi connectivity index (χ3v) is 4.05. The van der Waals surface area contributed by atoms with Crippen molar-refractivity contribution in [1.82, 2.24) is 4.40 Å². The van der Waals surface area contributed by atoms with Crippen LogP contribution < -0.4 is 4.74 Å². The number of methoxy groups -OCH3 is 1. The number of hydrogen-bond donors (Lipinski definition) is 0. The van der Waals surface area contributed by atoms with Crippen LogP contribution in [0.5, 0.6) is 5.75 Å². The van der Waals surface area contributed by atoms with Crippen molar-refractivity contribution >= 4 is 11.8 Å². The summed E-state index contributed by atoms with van der Waals surface area (Å²) in [6.07, 6.45) is 3.76. The highest BCUT2D eigenvalue weighted by Crippen LogP contribution is 2.31. The molecule has 0 radical (unpaired) electrons. The van der Waals surface area contributed by atoms with Crippen molar-refractivity contribution in [2.24, 2.45) is 0 Å². The maximum atomic E-state index is 11.6. The first kappa shape index (κ1) is 14.4. The number of fused-ring (bicyclic) bond motifs is 1. The monoisotopic (exact) mass is 293 g/mol. The van der Waals surface area contributed by atoms with E-state index in [9.17, 15) is 4.79 Å². The van der Waals surface area contributed by atoms with Crippen molar-refractivity contribution in [3.05, 3.63) is 59.4 Å². The van der Waals surface area contributed by atoms with Crippen LogP contribution in [0.1, 0.15) is 28.5 Å². The third-order valence-electron chi connectivity index (χ3n) is 4.05. The van der Waals surface area contributed by atoms with E-state index in [1.807, 2.05) is 28.8 Å². The summed E-state index contributed by atoms with van der Waals surface area (Å²) in [6, 6.07) is 12.2. The van der Waals surface area contributed by atoms with Gasteiger partial charge in [-0.1, -0.05) is 13.0 Å². The van der Waals surface area contributed by atoms with Gasteiger partial charge in [0, 0.05) is 17.3 Å². The van der Waals surface area contributed by atoms with E-state index in [0.29, 0.717) is 5.69 Å². The second kappa shape index (κ2) is 5.68. The van der Waals surface area contributed by atoms with Crippen LogP contribution in [-0.4, -0.2) is 17.8 Å². The van der Waals surface area contributed by atoms with Gasteiger partial charge in [-0.2, -0.15) is 0 Å². The lowest BCUT2D eigenvalue weighted by atomic mass is 10.0. The fourth-order valence-corrected chi connectivity index (χ4v) is 2.89. The number of aldehydes is 1. The Morgan fingerprint density at radius 2 is 2.00 bits per heavy atom. The van der Waals surface area contributed by atoms with Gasteiger partial charge in [-0.15, -0.1) is 0 Å². The summed E-state index contributed by atoms with van der Waals surface area (Å²) in [5.41, 5.74) is 6.04. The molecule has 2 heterocycles. The molecule has 0 amide bonds. The lowest BCUT2D eigenvalue weighted by molar-refractivity contribution is 0.111. The van der Waals surface area contributed by atoms with Gasteiger partial charge in [-0.05, 0) is 60.4 Å². The molecule has 3 rings (SSSR count). The molecule has 0 aliphatic rings. The maximum absolute atomic E-state index is 11.6. The molecule has 0 aliphatic heterocycles. The van der Waals surface area contributed by atoms with Crippen LogP contribution in [0.25, 0.3) is 16.6 Å². The zero-order chi connectivity index (χ0) is 15.7. The number of aryl methyl sites for hydroxylation is 2. The highest BCUT2D eigenvalue weighted by molar-refractivity contribution is 5.90. The standard InChI is InChI=1S/C19H19NO2/c1-4-14-10-15(5-6-19(14)22-3)17-11-16-9-13(2)7-8-20(16)18(17)12-21/h5-12H,4H2,1-3H3. The molecule has 0 unspecified atom stereocenters. The molecular weight excluding hydrogens is 274 g/mol. The average Bonchev–Trinajstić information content (AvgIpc) is 2.91. The van der Waals surface area contributed by atoms with Crippen LogP contribution >= 0.6 is 0 Å². The number of aromatic nitrogens is 1. The van der Waals surface area contributed by atoms with E-state index < -0.39 is 0 Å². The summed E-state index contributed by atoms with van der Waals surface area (Å²) in [6.45, 7) is 4.15. The first-order valence-electron chi connectivity index (χ1n) is 7.42. The van der Waals surface area contributed by atoms with Crippen molar-refractivity contribution < 1.29 is 9.53 Å². The van der Waals surface area contributed by atoms with E-state index in [0.717, 1.165) is 40.7 Å². The smallest absolute Gasteiger partial charge is 0.167 e. The zero-order valence-electron chi connectivity index (χ0n) is 13.1. The molecule has 112 valence electrons. The van der Waals surface area contributed by atoms with Crippen LogP contribution in [0, 0.1) is 6.92 Å². The minimum atomic E-state index is 0.683. The van der Waals surface area contributed by atoms with E-state index in [2.05, 4.69) is 32.0 Å². The molecular formula is C19H19NO2. The van der Waals surface area contributed by atoms with E-state index in [4.69, 9.17) is 4.74 Å². The van der Waals surface area contributed by atoms with Crippen molar-refractivity contribution in [2.75, 3.05) is 7.11 Å². The number of benzene rings is 1. The number of hydrogen-bond acceptors (Lipinski definition) is 2. The number of ether oxygens (including phenoxy) is 1. The van der Waals surface area contributed by atoms with Crippen molar-refractivity contribution in [3.63, 3.8) is 0 Å². The Balaban J connectivity index is 2.23. The van der Waals surface area contributed by atoms with Crippen molar-refractivity contribution in [2.45, 2.75) is 20.3 Å². The highest BCUT2D eigenvalue weighted by Gasteiger charge is 2.13. The first-order chi connectivity index (χ1) is 10.7. The van der Waals surface area contributed by atoms with Gasteiger partial charge >= 0.3 is 0 Å². The van der Waals surface area contributed by atoms with Gasteiger partial charge in [0.05, 0.1) is 12.8 Å². The van der Waals surface area contributed by atoms with E-state index in [-0.39, 0.29) is 0 Å². The van der Waals surface area contributed by atoms with Gasteiger partial charge in [0.15, 0.2) is 6.29 Å². The number of pyridine rings is 1. The highest BCUT2D eigenvalue weighted by atomic mass is 16.5. The molecule has 0 fully saturated rings. The molecule has 22 heavy (non-hydrogen) atoms. The Labute approximate surface area is 130 Å². The number of nitrogens with zero attached hydrogens (tertiary/aromatic N) is 1. The van der Waals surface area contributed by atoms with Gasteiger partial charge in [-0.3, -0.25) is 4.79 Å². The third kappa shape index (κ3) is 2.29. The minimum absolute atomic E-state index is 0.683. The van der Waals surface area contributed by atoms with E-state index in [1.54, 1.807) is 7.11 Å². The molecule has 3 aromatic rings. The summed E-state index contributed by atoms with van der Waals surface area (Å²) in [4.78, 5) is 11.6. The van der Waals surface area contributed by atoms with Crippen molar-refractivity contribution in [3.8, 4) is 16.9 Å². The molecule has 1 aromatic carbocycles. The fraction of sp³-hybridized carbons (Fsp3) is 0.211. The SMILES string of the molecule is CCc1cc(-c2cc3cc(C)ccn3c2C=O)ccc1OC. The average molecular weight is 293 g/mol. The topological polar surface area (TPSA) is 30.7 Å². The summed E-state index contributed by atoms with van der Waals surface area (Å²) < 4.78 is 7.32. The quantitative estimate of drug-likeness (QED) is 0.671. The van der Waals surface area contributed by atoms with E-state index in [1.165, 1.54) is 5.56 Å². The zero-order valence-corrected chi connectivity index (χ0v) is 13.1. The lowest BCUT2D eigenvalue weighted by Gasteiger charge is -2.09. The Bertz CT molecular complexity index is 846. The summed E-state index contributed by atoms with van der Waals surface area (Å²) in [5, 5.41) is 0. The number of carbonyl (C=O) groups excluding carboxylic acids is 1. The van der Waals surface area contributed by atoms with Gasteiger partial charge < -0.3 is 9.14 Å². The molecule has 2 aromatic heterocycles. The Kier molecular flexibility index (Phi) is 3.72. The molecule has 3 heteroatoms. The molecule has 3 nitrogen and oxygen atoms in total. The molecule has 0 spiro atoms. The van der Waals surface area contributed by atoms with Crippen LogP contribution in [-0.2, 0) is 6.42 Å². The van der Waals surface area contributed by atoms with Crippen LogP contribution in [0.3, 0.4) is 0 Å². The Morgan fingerprint density at radius 3 is 2.68 bits per heavy atom.